The van der Waals surface area contributed by atoms with Gasteiger partial charge in [0.15, 0.2) is 0 Å². The first-order valence-electron chi connectivity index (χ1n) is 6.46. The highest BCUT2D eigenvalue weighted by Crippen LogP contribution is 2.13. The summed E-state index contributed by atoms with van der Waals surface area (Å²) in [6.07, 6.45) is 5.93. The Balaban J connectivity index is 2.71. The molecule has 0 aliphatic rings. The van der Waals surface area contributed by atoms with Crippen molar-refractivity contribution >= 4 is 5.97 Å². The summed E-state index contributed by atoms with van der Waals surface area (Å²) in [7, 11) is 1.39. The Bertz CT molecular complexity index is 500. The van der Waals surface area contributed by atoms with E-state index in [1.165, 1.54) is 7.11 Å². The number of ether oxygens (including phenoxy) is 1. The van der Waals surface area contributed by atoms with Gasteiger partial charge >= 0.3 is 5.97 Å². The number of esters is 1. The first kappa shape index (κ1) is 15.8. The Morgan fingerprint density at radius 3 is 2.40 bits per heavy atom. The third-order valence-electron chi connectivity index (χ3n) is 2.90. The van der Waals surface area contributed by atoms with Crippen LogP contribution >= 0.6 is 0 Å². The molecule has 1 aromatic rings. The lowest BCUT2D eigenvalue weighted by molar-refractivity contribution is -0.139. The van der Waals surface area contributed by atoms with Crippen LogP contribution in [0.1, 0.15) is 18.1 Å². The van der Waals surface area contributed by atoms with E-state index in [1.54, 1.807) is 6.20 Å². The fourth-order valence-corrected chi connectivity index (χ4v) is 1.77. The monoisotopic (exact) mass is 271 g/mol. The zero-order valence-electron chi connectivity index (χ0n) is 12.1. The summed E-state index contributed by atoms with van der Waals surface area (Å²) < 4.78 is 4.65. The number of methoxy groups -OCH3 is 1. The van der Waals surface area contributed by atoms with Gasteiger partial charge < -0.3 is 9.64 Å². The summed E-state index contributed by atoms with van der Waals surface area (Å²) in [6, 6.07) is 7.87. The number of hydrogen-bond donors (Lipinski definition) is 0. The Hall–Kier alpha value is -2.29. The molecule has 0 atom stereocenters. The lowest BCUT2D eigenvalue weighted by Crippen LogP contribution is -2.13. The van der Waals surface area contributed by atoms with E-state index in [0.717, 1.165) is 16.8 Å². The maximum atomic E-state index is 11.2. The van der Waals surface area contributed by atoms with Crippen LogP contribution in [0.25, 0.3) is 0 Å². The van der Waals surface area contributed by atoms with Crippen molar-refractivity contribution in [1.82, 2.24) is 4.90 Å². The van der Waals surface area contributed by atoms with Crippen molar-refractivity contribution in [3.05, 3.63) is 72.6 Å². The molecule has 3 heteroatoms. The van der Waals surface area contributed by atoms with E-state index in [0.29, 0.717) is 13.0 Å². The number of rotatable bonds is 7. The van der Waals surface area contributed by atoms with E-state index in [2.05, 4.69) is 17.9 Å². The minimum Gasteiger partial charge on any atom is -0.469 e. The van der Waals surface area contributed by atoms with Gasteiger partial charge in [0.25, 0.3) is 0 Å². The van der Waals surface area contributed by atoms with Crippen molar-refractivity contribution in [2.24, 2.45) is 0 Å². The molecule has 1 rings (SSSR count). The summed E-state index contributed by atoms with van der Waals surface area (Å²) in [4.78, 5) is 13.2. The van der Waals surface area contributed by atoms with E-state index >= 15 is 0 Å². The lowest BCUT2D eigenvalue weighted by Gasteiger charge is -2.20. The zero-order chi connectivity index (χ0) is 15.0. The maximum absolute atomic E-state index is 11.2. The molecule has 0 heterocycles. The molecule has 0 unspecified atom stereocenters. The van der Waals surface area contributed by atoms with Crippen molar-refractivity contribution in [3.8, 4) is 0 Å². The van der Waals surface area contributed by atoms with Crippen LogP contribution in [0.15, 0.2) is 61.5 Å². The van der Waals surface area contributed by atoms with Gasteiger partial charge in [-0.15, -0.1) is 0 Å². The van der Waals surface area contributed by atoms with Crippen LogP contribution < -0.4 is 0 Å². The summed E-state index contributed by atoms with van der Waals surface area (Å²) in [5.41, 5.74) is 2.96. The summed E-state index contributed by atoms with van der Waals surface area (Å²) in [5.74, 6) is -0.230. The molecule has 0 fully saturated rings. The standard InChI is InChI=1S/C17H21NO2/c1-5-7-14(3)18(6-2)13-16-10-8-15(9-11-16)12-17(19)20-4/h5-11H,2-3,12-13H2,1,4H3/b7-5-. The molecule has 0 amide bonds. The molecule has 3 nitrogen and oxygen atoms in total. The smallest absolute Gasteiger partial charge is 0.309 e. The second-order valence-electron chi connectivity index (χ2n) is 4.37. The van der Waals surface area contributed by atoms with Crippen LogP contribution in [0.5, 0.6) is 0 Å². The van der Waals surface area contributed by atoms with Crippen LogP contribution in [0, 0.1) is 0 Å². The zero-order valence-corrected chi connectivity index (χ0v) is 12.1. The fourth-order valence-electron chi connectivity index (χ4n) is 1.77. The van der Waals surface area contributed by atoms with Crippen LogP contribution in [-0.2, 0) is 22.5 Å². The maximum Gasteiger partial charge on any atom is 0.309 e. The highest BCUT2D eigenvalue weighted by Gasteiger charge is 2.05. The quantitative estimate of drug-likeness (QED) is 0.562. The fraction of sp³-hybridized carbons (Fsp3) is 0.235. The van der Waals surface area contributed by atoms with Crippen LogP contribution in [0.4, 0.5) is 0 Å². The number of hydrogen-bond acceptors (Lipinski definition) is 3. The van der Waals surface area contributed by atoms with Gasteiger partial charge in [-0.25, -0.2) is 0 Å². The van der Waals surface area contributed by atoms with Crippen LogP contribution in [-0.4, -0.2) is 18.0 Å². The highest BCUT2D eigenvalue weighted by molar-refractivity contribution is 5.72. The number of benzene rings is 1. The third kappa shape index (κ3) is 4.76. The molecule has 0 radical (unpaired) electrons. The first-order chi connectivity index (χ1) is 9.60. The van der Waals surface area contributed by atoms with Gasteiger partial charge in [-0.05, 0) is 30.3 Å². The van der Waals surface area contributed by atoms with E-state index in [-0.39, 0.29) is 5.97 Å². The van der Waals surface area contributed by atoms with Crippen molar-refractivity contribution < 1.29 is 9.53 Å². The molecule has 0 bridgehead atoms. The lowest BCUT2D eigenvalue weighted by atomic mass is 10.1. The number of carbonyl (C=O) groups is 1. The summed E-state index contributed by atoms with van der Waals surface area (Å²) in [6.45, 7) is 10.4. The summed E-state index contributed by atoms with van der Waals surface area (Å²) >= 11 is 0. The Morgan fingerprint density at radius 1 is 1.30 bits per heavy atom. The van der Waals surface area contributed by atoms with Crippen LogP contribution in [0.3, 0.4) is 0 Å². The van der Waals surface area contributed by atoms with Crippen molar-refractivity contribution in [1.29, 1.82) is 0 Å². The van der Waals surface area contributed by atoms with E-state index < -0.39 is 0 Å². The van der Waals surface area contributed by atoms with Gasteiger partial charge in [0.2, 0.25) is 0 Å². The molecule has 0 aromatic heterocycles. The average Bonchev–Trinajstić information content (AvgIpc) is 2.46. The van der Waals surface area contributed by atoms with Crippen molar-refractivity contribution in [3.63, 3.8) is 0 Å². The molecular weight excluding hydrogens is 250 g/mol. The molecule has 0 saturated heterocycles. The van der Waals surface area contributed by atoms with Crippen molar-refractivity contribution in [2.45, 2.75) is 19.9 Å². The van der Waals surface area contributed by atoms with E-state index in [9.17, 15) is 4.79 Å². The Kier molecular flexibility index (Phi) is 6.30. The number of carbonyl (C=O) groups excluding carboxylic acids is 1. The van der Waals surface area contributed by atoms with Gasteiger partial charge in [-0.2, -0.15) is 0 Å². The SMILES string of the molecule is C=CN(Cc1ccc(CC(=O)OC)cc1)C(=C)/C=C\C. The second-order valence-corrected chi connectivity index (χ2v) is 4.37. The predicted octanol–water partition coefficient (Wildman–Crippen LogP) is 3.44. The van der Waals surface area contributed by atoms with Crippen LogP contribution in [0.2, 0.25) is 0 Å². The summed E-state index contributed by atoms with van der Waals surface area (Å²) in [5, 5.41) is 0. The average molecular weight is 271 g/mol. The number of allylic oxidation sites excluding steroid dienone is 2. The normalized spacial score (nSPS) is 10.3. The minimum absolute atomic E-state index is 0.230. The highest BCUT2D eigenvalue weighted by atomic mass is 16.5. The molecule has 0 spiro atoms. The first-order valence-corrected chi connectivity index (χ1v) is 6.46. The molecular formula is C17H21NO2. The second kappa shape index (κ2) is 8.00. The van der Waals surface area contributed by atoms with Gasteiger partial charge in [-0.3, -0.25) is 4.79 Å². The van der Waals surface area contributed by atoms with Crippen molar-refractivity contribution in [2.75, 3.05) is 7.11 Å². The van der Waals surface area contributed by atoms with Gasteiger partial charge in [0.1, 0.15) is 0 Å². The molecule has 0 aliphatic heterocycles. The molecule has 1 aromatic carbocycles. The number of nitrogens with zero attached hydrogens (tertiary/aromatic N) is 1. The third-order valence-corrected chi connectivity index (χ3v) is 2.90. The van der Waals surface area contributed by atoms with E-state index in [4.69, 9.17) is 0 Å². The largest absolute Gasteiger partial charge is 0.469 e. The topological polar surface area (TPSA) is 29.5 Å². The molecule has 106 valence electrons. The van der Waals surface area contributed by atoms with Gasteiger partial charge in [-0.1, -0.05) is 43.5 Å². The van der Waals surface area contributed by atoms with Gasteiger partial charge in [0, 0.05) is 12.2 Å². The molecule has 0 aliphatic carbocycles. The van der Waals surface area contributed by atoms with E-state index in [1.807, 2.05) is 48.2 Å². The molecule has 0 saturated carbocycles. The molecule has 20 heavy (non-hydrogen) atoms. The predicted molar refractivity (Wildman–Crippen MR) is 81.9 cm³/mol. The Labute approximate surface area is 120 Å². The molecule has 0 N–H and O–H groups in total. The minimum atomic E-state index is -0.230. The van der Waals surface area contributed by atoms with Gasteiger partial charge in [0.05, 0.1) is 13.5 Å². The Morgan fingerprint density at radius 2 is 1.90 bits per heavy atom.